The van der Waals surface area contributed by atoms with Crippen LogP contribution < -0.4 is 0 Å². The van der Waals surface area contributed by atoms with Crippen molar-refractivity contribution in [1.82, 2.24) is 9.80 Å². The van der Waals surface area contributed by atoms with Crippen LogP contribution in [0.25, 0.3) is 0 Å². The molecule has 2 atom stereocenters. The number of amides is 1. The van der Waals surface area contributed by atoms with E-state index in [0.29, 0.717) is 19.1 Å². The molecule has 3 heterocycles. The first-order chi connectivity index (χ1) is 11.3. The summed E-state index contributed by atoms with van der Waals surface area (Å²) in [6.07, 6.45) is 3.20. The molecule has 3 saturated heterocycles. The quantitative estimate of drug-likeness (QED) is 0.772. The number of carbonyl (C=O) groups excluding carboxylic acids is 1. The van der Waals surface area contributed by atoms with Crippen LogP contribution in [0.2, 0.25) is 0 Å². The van der Waals surface area contributed by atoms with E-state index in [1.807, 2.05) is 25.7 Å². The lowest BCUT2D eigenvalue weighted by Gasteiger charge is -2.40. The molecule has 1 spiro atoms. The number of hydrogen-bond donors (Lipinski definition) is 0. The van der Waals surface area contributed by atoms with Gasteiger partial charge in [-0.15, -0.1) is 0 Å². The Morgan fingerprint density at radius 2 is 2.00 bits per heavy atom. The molecule has 4 rings (SSSR count). The normalized spacial score (nSPS) is 35.3. The molecule has 24 heavy (non-hydrogen) atoms. The number of likely N-dealkylation sites (tertiary alicyclic amines) is 2. The van der Waals surface area contributed by atoms with Crippen LogP contribution in [0.1, 0.15) is 40.0 Å². The molecule has 0 radical (unpaired) electrons. The molecule has 1 saturated carbocycles. The maximum atomic E-state index is 12.3. The average molecular weight is 338 g/mol. The van der Waals surface area contributed by atoms with Crippen LogP contribution in [0, 0.1) is 11.3 Å². The molecule has 0 aromatic carbocycles. The summed E-state index contributed by atoms with van der Waals surface area (Å²) in [4.78, 5) is 16.7. The number of rotatable bonds is 2. The fourth-order valence-electron chi connectivity index (χ4n) is 4.69. The zero-order valence-corrected chi connectivity index (χ0v) is 15.2. The van der Waals surface area contributed by atoms with Gasteiger partial charge in [-0.25, -0.2) is 4.79 Å². The lowest BCUT2D eigenvalue weighted by atomic mass is 10.00. The zero-order chi connectivity index (χ0) is 17.0. The minimum Gasteiger partial charge on any atom is -0.444 e. The summed E-state index contributed by atoms with van der Waals surface area (Å²) in [5.74, 6) is 0.274. The number of ether oxygens (including phenoxy) is 3. The fourth-order valence-corrected chi connectivity index (χ4v) is 4.69. The highest BCUT2D eigenvalue weighted by Crippen LogP contribution is 2.58. The Bertz CT molecular complexity index is 512. The molecule has 0 aromatic heterocycles. The molecule has 4 fully saturated rings. The first kappa shape index (κ1) is 16.6. The van der Waals surface area contributed by atoms with Gasteiger partial charge in [0.2, 0.25) is 0 Å². The zero-order valence-electron chi connectivity index (χ0n) is 15.2. The van der Waals surface area contributed by atoms with Gasteiger partial charge in [-0.2, -0.15) is 0 Å². The van der Waals surface area contributed by atoms with Gasteiger partial charge in [0.1, 0.15) is 5.60 Å². The Balaban J connectivity index is 1.34. The maximum absolute atomic E-state index is 12.3. The Labute approximate surface area is 144 Å². The van der Waals surface area contributed by atoms with Gasteiger partial charge in [-0.1, -0.05) is 0 Å². The van der Waals surface area contributed by atoms with Crippen LogP contribution in [-0.4, -0.2) is 73.2 Å². The topological polar surface area (TPSA) is 51.2 Å². The van der Waals surface area contributed by atoms with Crippen LogP contribution in [0.5, 0.6) is 0 Å². The molecule has 1 aliphatic carbocycles. The highest BCUT2D eigenvalue weighted by atomic mass is 16.7. The Hall–Kier alpha value is -0.850. The first-order valence-electron chi connectivity index (χ1n) is 9.28. The van der Waals surface area contributed by atoms with Gasteiger partial charge < -0.3 is 19.1 Å². The number of nitrogens with zero attached hydrogens (tertiary/aromatic N) is 2. The van der Waals surface area contributed by atoms with Crippen LogP contribution in [0.15, 0.2) is 0 Å². The Morgan fingerprint density at radius 3 is 2.71 bits per heavy atom. The number of fused-ring (bicyclic) bond motifs is 1. The van der Waals surface area contributed by atoms with Gasteiger partial charge in [0.15, 0.2) is 5.79 Å². The standard InChI is InChI=1S/C18H30N2O4/c1-16(2,3)24-15(21)20-10-14-9-17(14,12-20)11-19-6-4-5-18(13-19)22-7-8-23-18/h14H,4-13H2,1-3H3/t14-,17-/m1/s1. The van der Waals surface area contributed by atoms with Crippen molar-refractivity contribution in [1.29, 1.82) is 0 Å². The summed E-state index contributed by atoms with van der Waals surface area (Å²) >= 11 is 0. The van der Waals surface area contributed by atoms with E-state index in [0.717, 1.165) is 45.6 Å². The predicted octanol–water partition coefficient (Wildman–Crippen LogP) is 2.08. The molecular weight excluding hydrogens is 308 g/mol. The third-order valence-corrected chi connectivity index (χ3v) is 5.81. The van der Waals surface area contributed by atoms with E-state index < -0.39 is 5.60 Å². The monoisotopic (exact) mass is 338 g/mol. The van der Waals surface area contributed by atoms with Gasteiger partial charge >= 0.3 is 6.09 Å². The van der Waals surface area contributed by atoms with Crippen molar-refractivity contribution in [3.05, 3.63) is 0 Å². The summed E-state index contributed by atoms with van der Waals surface area (Å²) in [6.45, 7) is 11.9. The summed E-state index contributed by atoms with van der Waals surface area (Å²) in [5.41, 5.74) is -0.151. The average Bonchev–Trinajstić information content (AvgIpc) is 2.82. The molecule has 6 nitrogen and oxygen atoms in total. The molecular formula is C18H30N2O4. The maximum Gasteiger partial charge on any atom is 0.410 e. The van der Waals surface area contributed by atoms with E-state index in [2.05, 4.69) is 4.90 Å². The van der Waals surface area contributed by atoms with Gasteiger partial charge in [0, 0.05) is 31.5 Å². The van der Waals surface area contributed by atoms with Gasteiger partial charge in [-0.05, 0) is 46.1 Å². The minimum absolute atomic E-state index is 0.161. The molecule has 1 amide bonds. The minimum atomic E-state index is -0.423. The van der Waals surface area contributed by atoms with Crippen molar-refractivity contribution in [3.8, 4) is 0 Å². The smallest absolute Gasteiger partial charge is 0.410 e. The van der Waals surface area contributed by atoms with E-state index in [1.165, 1.54) is 6.42 Å². The largest absolute Gasteiger partial charge is 0.444 e. The number of carbonyl (C=O) groups is 1. The Kier molecular flexibility index (Phi) is 3.86. The molecule has 3 aliphatic heterocycles. The highest BCUT2D eigenvalue weighted by molar-refractivity contribution is 5.69. The van der Waals surface area contributed by atoms with E-state index in [-0.39, 0.29) is 17.3 Å². The van der Waals surface area contributed by atoms with E-state index >= 15 is 0 Å². The number of piperidine rings is 2. The van der Waals surface area contributed by atoms with Crippen molar-refractivity contribution in [3.63, 3.8) is 0 Å². The second-order valence-corrected chi connectivity index (χ2v) is 9.05. The third kappa shape index (κ3) is 3.16. The van der Waals surface area contributed by atoms with Gasteiger partial charge in [0.05, 0.1) is 19.8 Å². The van der Waals surface area contributed by atoms with Crippen LogP contribution in [-0.2, 0) is 14.2 Å². The summed E-state index contributed by atoms with van der Waals surface area (Å²) in [6, 6.07) is 0. The van der Waals surface area contributed by atoms with E-state index in [1.54, 1.807) is 0 Å². The fraction of sp³-hybridized carbons (Fsp3) is 0.944. The van der Waals surface area contributed by atoms with Crippen LogP contribution in [0.3, 0.4) is 0 Å². The predicted molar refractivity (Wildman–Crippen MR) is 88.7 cm³/mol. The SMILES string of the molecule is CC(C)(C)OC(=O)N1C[C@H]2C[C@@]2(CN2CCCC3(C2)OCCO3)C1. The molecule has 0 unspecified atom stereocenters. The summed E-state index contributed by atoms with van der Waals surface area (Å²) < 4.78 is 17.3. The second kappa shape index (κ2) is 5.58. The van der Waals surface area contributed by atoms with Crippen molar-refractivity contribution >= 4 is 6.09 Å². The summed E-state index contributed by atoms with van der Waals surface area (Å²) in [7, 11) is 0. The van der Waals surface area contributed by atoms with Gasteiger partial charge in [-0.3, -0.25) is 4.90 Å². The lowest BCUT2D eigenvalue weighted by Crippen LogP contribution is -2.51. The first-order valence-corrected chi connectivity index (χ1v) is 9.28. The summed E-state index contributed by atoms with van der Waals surface area (Å²) in [5, 5.41) is 0. The molecule has 0 aromatic rings. The van der Waals surface area contributed by atoms with E-state index in [4.69, 9.17) is 14.2 Å². The number of hydrogen-bond acceptors (Lipinski definition) is 5. The lowest BCUT2D eigenvalue weighted by molar-refractivity contribution is -0.190. The molecule has 4 aliphatic rings. The second-order valence-electron chi connectivity index (χ2n) is 9.05. The van der Waals surface area contributed by atoms with Gasteiger partial charge in [0.25, 0.3) is 0 Å². The molecule has 0 bridgehead atoms. The third-order valence-electron chi connectivity index (χ3n) is 5.81. The highest BCUT2D eigenvalue weighted by Gasteiger charge is 2.62. The molecule has 0 N–H and O–H groups in total. The van der Waals surface area contributed by atoms with Crippen molar-refractivity contribution in [2.45, 2.75) is 51.4 Å². The Morgan fingerprint density at radius 1 is 1.25 bits per heavy atom. The van der Waals surface area contributed by atoms with Crippen LogP contribution in [0.4, 0.5) is 4.79 Å². The molecule has 6 heteroatoms. The molecule has 136 valence electrons. The van der Waals surface area contributed by atoms with E-state index in [9.17, 15) is 4.79 Å². The van der Waals surface area contributed by atoms with Crippen molar-refractivity contribution in [2.75, 3.05) is 45.9 Å². The van der Waals surface area contributed by atoms with Crippen molar-refractivity contribution in [2.24, 2.45) is 11.3 Å². The van der Waals surface area contributed by atoms with Crippen LogP contribution >= 0.6 is 0 Å². The van der Waals surface area contributed by atoms with Crippen molar-refractivity contribution < 1.29 is 19.0 Å².